The minimum Gasteiger partial charge on any atom is -0.508 e. The van der Waals surface area contributed by atoms with Crippen LogP contribution in [0.3, 0.4) is 0 Å². The Bertz CT molecular complexity index is 1380. The molecule has 0 bridgehead atoms. The fourth-order valence-corrected chi connectivity index (χ4v) is 4.34. The van der Waals surface area contributed by atoms with Crippen molar-refractivity contribution in [2.24, 2.45) is 0 Å². The highest BCUT2D eigenvalue weighted by Crippen LogP contribution is 2.29. The van der Waals surface area contributed by atoms with Gasteiger partial charge >= 0.3 is 0 Å². The molecular formula is C21H19N5O4S. The number of hydrogen-bond donors (Lipinski definition) is 3. The van der Waals surface area contributed by atoms with Crippen LogP contribution < -0.4 is 15.8 Å². The maximum atomic E-state index is 13.0. The first kappa shape index (κ1) is 20.4. The minimum absolute atomic E-state index is 0.0253. The van der Waals surface area contributed by atoms with Gasteiger partial charge < -0.3 is 20.9 Å². The normalized spacial score (nSPS) is 11.4. The number of benzene rings is 2. The molecule has 4 rings (SSSR count). The predicted octanol–water partition coefficient (Wildman–Crippen LogP) is 3.04. The second-order valence-corrected chi connectivity index (χ2v) is 8.73. The molecule has 31 heavy (non-hydrogen) atoms. The van der Waals surface area contributed by atoms with E-state index in [1.54, 1.807) is 36.5 Å². The zero-order chi connectivity index (χ0) is 22.0. The van der Waals surface area contributed by atoms with Crippen LogP contribution in [0, 0.1) is 0 Å². The quantitative estimate of drug-likeness (QED) is 0.388. The van der Waals surface area contributed by atoms with Crippen molar-refractivity contribution < 1.29 is 18.3 Å². The fraction of sp³-hybridized carbons (Fsp3) is 0.0952. The van der Waals surface area contributed by atoms with Gasteiger partial charge in [0.1, 0.15) is 22.8 Å². The number of nitrogens with zero attached hydrogens (tertiary/aromatic N) is 3. The Morgan fingerprint density at radius 2 is 1.94 bits per heavy atom. The molecular weight excluding hydrogens is 418 g/mol. The third-order valence-electron chi connectivity index (χ3n) is 4.45. The summed E-state index contributed by atoms with van der Waals surface area (Å²) < 4.78 is 31.2. The first-order valence-electron chi connectivity index (χ1n) is 9.19. The number of pyridine rings is 1. The van der Waals surface area contributed by atoms with E-state index in [-0.39, 0.29) is 22.2 Å². The first-order valence-corrected chi connectivity index (χ1v) is 10.8. The molecule has 0 spiro atoms. The average Bonchev–Trinajstić information content (AvgIpc) is 2.73. The van der Waals surface area contributed by atoms with Crippen LogP contribution >= 0.6 is 0 Å². The second kappa shape index (κ2) is 8.07. The number of aromatic hydroxyl groups is 1. The molecule has 2 aromatic heterocycles. The van der Waals surface area contributed by atoms with Gasteiger partial charge in [0.2, 0.25) is 0 Å². The third kappa shape index (κ3) is 4.48. The monoisotopic (exact) mass is 437 g/mol. The number of hydrogen-bond acceptors (Lipinski definition) is 9. The highest BCUT2D eigenvalue weighted by atomic mass is 32.2. The summed E-state index contributed by atoms with van der Waals surface area (Å²) in [5, 5.41) is 13.0. The van der Waals surface area contributed by atoms with E-state index in [0.29, 0.717) is 28.3 Å². The molecule has 2 heterocycles. The number of aromatic nitrogens is 3. The number of nitrogens with one attached hydrogen (secondary N) is 1. The molecule has 0 fully saturated rings. The van der Waals surface area contributed by atoms with Crippen molar-refractivity contribution in [2.45, 2.75) is 10.6 Å². The van der Waals surface area contributed by atoms with Crippen molar-refractivity contribution in [2.75, 3.05) is 18.2 Å². The van der Waals surface area contributed by atoms with Crippen molar-refractivity contribution in [1.82, 2.24) is 15.0 Å². The lowest BCUT2D eigenvalue weighted by molar-refractivity contribution is 0.408. The third-order valence-corrected chi connectivity index (χ3v) is 6.07. The van der Waals surface area contributed by atoms with Gasteiger partial charge in [-0.3, -0.25) is 0 Å². The van der Waals surface area contributed by atoms with Gasteiger partial charge in [0.15, 0.2) is 21.3 Å². The molecule has 0 aliphatic heterocycles. The molecule has 0 saturated carbocycles. The van der Waals surface area contributed by atoms with E-state index in [1.165, 1.54) is 31.4 Å². The van der Waals surface area contributed by atoms with E-state index in [2.05, 4.69) is 20.3 Å². The summed E-state index contributed by atoms with van der Waals surface area (Å²) in [6.45, 7) is 0. The lowest BCUT2D eigenvalue weighted by atomic mass is 10.2. The second-order valence-electron chi connectivity index (χ2n) is 6.74. The van der Waals surface area contributed by atoms with Crippen molar-refractivity contribution in [3.05, 3.63) is 66.5 Å². The Balaban J connectivity index is 1.79. The number of ether oxygens (including phenoxy) is 1. The molecule has 0 atom stereocenters. The summed E-state index contributed by atoms with van der Waals surface area (Å²) in [6.07, 6.45) is 1.57. The van der Waals surface area contributed by atoms with Crippen molar-refractivity contribution in [3.63, 3.8) is 0 Å². The maximum Gasteiger partial charge on any atom is 0.184 e. The van der Waals surface area contributed by atoms with Crippen LogP contribution in [-0.2, 0) is 15.6 Å². The Morgan fingerprint density at radius 1 is 1.10 bits per heavy atom. The molecule has 158 valence electrons. The maximum absolute atomic E-state index is 13.0. The molecule has 10 heteroatoms. The highest BCUT2D eigenvalue weighted by molar-refractivity contribution is 7.90. The van der Waals surface area contributed by atoms with Crippen LogP contribution in [0.5, 0.6) is 11.5 Å². The molecule has 4 aromatic rings. The Hall–Kier alpha value is -3.92. The molecule has 9 nitrogen and oxygen atoms in total. The van der Waals surface area contributed by atoms with Gasteiger partial charge in [-0.05, 0) is 30.3 Å². The van der Waals surface area contributed by atoms with E-state index >= 15 is 0 Å². The van der Waals surface area contributed by atoms with Crippen LogP contribution in [-0.4, -0.2) is 35.6 Å². The molecule has 0 aliphatic carbocycles. The van der Waals surface area contributed by atoms with Crippen LogP contribution in [0.2, 0.25) is 0 Å². The highest BCUT2D eigenvalue weighted by Gasteiger charge is 2.21. The fourth-order valence-electron chi connectivity index (χ4n) is 3.01. The number of fused-ring (bicyclic) bond motifs is 1. The summed E-state index contributed by atoms with van der Waals surface area (Å²) in [5.41, 5.74) is 7.55. The molecule has 0 radical (unpaired) electrons. The number of nitrogen functional groups attached to an aromatic ring is 1. The van der Waals surface area contributed by atoms with E-state index in [9.17, 15) is 13.5 Å². The van der Waals surface area contributed by atoms with Gasteiger partial charge in [-0.2, -0.15) is 0 Å². The SMILES string of the molecule is COc1cc(O)cc(Nc2nc3ncccc3nc2CS(=O)(=O)c2cccc(N)c2)c1. The summed E-state index contributed by atoms with van der Waals surface area (Å²) >= 11 is 0. The topological polar surface area (TPSA) is 140 Å². The van der Waals surface area contributed by atoms with Crippen molar-refractivity contribution in [3.8, 4) is 11.5 Å². The zero-order valence-electron chi connectivity index (χ0n) is 16.5. The van der Waals surface area contributed by atoms with E-state index in [1.807, 2.05) is 0 Å². The van der Waals surface area contributed by atoms with E-state index in [4.69, 9.17) is 10.5 Å². The molecule has 0 amide bonds. The molecule has 2 aromatic carbocycles. The standard InChI is InChI=1S/C21H19N5O4S/c1-30-16-10-14(9-15(27)11-16)24-21-19(25-18-6-3-7-23-20(18)26-21)12-31(28,29)17-5-2-4-13(22)8-17/h2-11,27H,12,22H2,1H3,(H,23,24,26). The van der Waals surface area contributed by atoms with Gasteiger partial charge in [-0.15, -0.1) is 0 Å². The van der Waals surface area contributed by atoms with Crippen molar-refractivity contribution >= 4 is 38.2 Å². The van der Waals surface area contributed by atoms with E-state index < -0.39 is 15.6 Å². The predicted molar refractivity (Wildman–Crippen MR) is 117 cm³/mol. The van der Waals surface area contributed by atoms with Gasteiger partial charge in [0.05, 0.1) is 17.7 Å². The number of anilines is 3. The summed E-state index contributed by atoms with van der Waals surface area (Å²) in [5.74, 6) is 0.185. The molecule has 4 N–H and O–H groups in total. The molecule has 0 aliphatic rings. The number of rotatable bonds is 6. The Morgan fingerprint density at radius 3 is 2.71 bits per heavy atom. The minimum atomic E-state index is -3.76. The van der Waals surface area contributed by atoms with Crippen molar-refractivity contribution in [1.29, 1.82) is 0 Å². The van der Waals surface area contributed by atoms with Gasteiger partial charge in [0.25, 0.3) is 0 Å². The largest absolute Gasteiger partial charge is 0.508 e. The number of phenolic OH excluding ortho intramolecular Hbond substituents is 1. The van der Waals surface area contributed by atoms with Gasteiger partial charge in [-0.1, -0.05) is 6.07 Å². The summed E-state index contributed by atoms with van der Waals surface area (Å²) in [6, 6.07) is 14.0. The van der Waals surface area contributed by atoms with Gasteiger partial charge in [-0.25, -0.2) is 23.4 Å². The van der Waals surface area contributed by atoms with Gasteiger partial charge in [0, 0.05) is 35.8 Å². The summed E-state index contributed by atoms with van der Waals surface area (Å²) in [7, 11) is -2.28. The molecule has 0 saturated heterocycles. The number of sulfone groups is 1. The summed E-state index contributed by atoms with van der Waals surface area (Å²) in [4.78, 5) is 13.2. The van der Waals surface area contributed by atoms with Crippen LogP contribution in [0.15, 0.2) is 65.7 Å². The number of phenols is 1. The lowest BCUT2D eigenvalue weighted by Crippen LogP contribution is -2.11. The Labute approximate surface area is 178 Å². The number of methoxy groups -OCH3 is 1. The van der Waals surface area contributed by atoms with Crippen LogP contribution in [0.4, 0.5) is 17.2 Å². The zero-order valence-corrected chi connectivity index (χ0v) is 17.3. The number of nitrogens with two attached hydrogens (primary N) is 1. The van der Waals surface area contributed by atoms with Crippen LogP contribution in [0.1, 0.15) is 5.69 Å². The molecule has 0 unspecified atom stereocenters. The smallest absolute Gasteiger partial charge is 0.184 e. The Kier molecular flexibility index (Phi) is 5.30. The lowest BCUT2D eigenvalue weighted by Gasteiger charge is -2.13. The van der Waals surface area contributed by atoms with E-state index in [0.717, 1.165) is 0 Å². The van der Waals surface area contributed by atoms with Crippen LogP contribution in [0.25, 0.3) is 11.2 Å². The first-order chi connectivity index (χ1) is 14.8. The average molecular weight is 437 g/mol.